The monoisotopic (exact) mass is 417 g/mol. The highest BCUT2D eigenvalue weighted by Crippen LogP contribution is 2.54. The third kappa shape index (κ3) is 3.56. The fourth-order valence-electron chi connectivity index (χ4n) is 4.16. The molecule has 0 aliphatic rings. The molecule has 0 amide bonds. The summed E-state index contributed by atoms with van der Waals surface area (Å²) >= 11 is 0. The molecule has 3 heteroatoms. The van der Waals surface area contributed by atoms with Crippen LogP contribution >= 0.6 is 7.26 Å². The van der Waals surface area contributed by atoms with E-state index in [1.54, 1.807) is 0 Å². The Bertz CT molecular complexity index is 1160. The predicted octanol–water partition coefficient (Wildman–Crippen LogP) is 4.76. The van der Waals surface area contributed by atoms with Crippen molar-refractivity contribution in [1.29, 1.82) is 0 Å². The van der Waals surface area contributed by atoms with E-state index < -0.39 is 7.26 Å². The molecular formula is C28H22N2P+. The van der Waals surface area contributed by atoms with Gasteiger partial charge in [0.2, 0.25) is 0 Å². The molecule has 5 rings (SSSR count). The van der Waals surface area contributed by atoms with Gasteiger partial charge in [-0.15, -0.1) is 0 Å². The van der Waals surface area contributed by atoms with Crippen LogP contribution in [0.25, 0.3) is 11.3 Å². The first-order valence-electron chi connectivity index (χ1n) is 10.3. The highest BCUT2D eigenvalue weighted by atomic mass is 31.2. The summed E-state index contributed by atoms with van der Waals surface area (Å²) in [6.45, 7) is 0. The van der Waals surface area contributed by atoms with Gasteiger partial charge < -0.3 is 0 Å². The van der Waals surface area contributed by atoms with Gasteiger partial charge in [-0.05, 0) is 42.5 Å². The second kappa shape index (κ2) is 8.63. The number of rotatable bonds is 5. The Labute approximate surface area is 183 Å². The molecule has 0 aliphatic carbocycles. The third-order valence-electron chi connectivity index (χ3n) is 5.54. The van der Waals surface area contributed by atoms with Crippen molar-refractivity contribution in [2.75, 3.05) is 0 Å². The van der Waals surface area contributed by atoms with Gasteiger partial charge in [-0.1, -0.05) is 66.7 Å². The lowest BCUT2D eigenvalue weighted by molar-refractivity contribution is 1.34. The van der Waals surface area contributed by atoms with Crippen molar-refractivity contribution in [2.45, 2.75) is 0 Å². The molecule has 0 aliphatic heterocycles. The van der Waals surface area contributed by atoms with E-state index in [2.05, 4.69) is 114 Å². The van der Waals surface area contributed by atoms with Crippen molar-refractivity contribution in [2.24, 2.45) is 0 Å². The molecule has 2 nitrogen and oxygen atoms in total. The van der Waals surface area contributed by atoms with Crippen molar-refractivity contribution in [3.8, 4) is 11.3 Å². The highest BCUT2D eigenvalue weighted by molar-refractivity contribution is 8.01. The topological polar surface area (TPSA) is 25.8 Å². The second-order valence-corrected chi connectivity index (χ2v) is 10.7. The quantitative estimate of drug-likeness (QED) is 0.385. The lowest BCUT2D eigenvalue weighted by Gasteiger charge is -2.27. The molecule has 0 fully saturated rings. The predicted molar refractivity (Wildman–Crippen MR) is 132 cm³/mol. The van der Waals surface area contributed by atoms with Crippen molar-refractivity contribution >= 4 is 28.5 Å². The molecule has 0 bridgehead atoms. The molecule has 0 radical (unpaired) electrons. The summed E-state index contributed by atoms with van der Waals surface area (Å²) in [5, 5.41) is 5.20. The lowest BCUT2D eigenvalue weighted by Crippen LogP contribution is -2.38. The van der Waals surface area contributed by atoms with Crippen molar-refractivity contribution in [1.82, 2.24) is 9.97 Å². The molecule has 5 aromatic rings. The molecule has 0 unspecified atom stereocenters. The van der Waals surface area contributed by atoms with Gasteiger partial charge in [-0.25, -0.2) is 0 Å². The number of hydrogen-bond donors (Lipinski definition) is 0. The number of pyridine rings is 2. The first-order valence-corrected chi connectivity index (χ1v) is 12.1. The van der Waals surface area contributed by atoms with Gasteiger partial charge in [0, 0.05) is 30.2 Å². The van der Waals surface area contributed by atoms with Crippen molar-refractivity contribution in [3.05, 3.63) is 134 Å². The van der Waals surface area contributed by atoms with Crippen molar-refractivity contribution < 1.29 is 0 Å². The molecule has 0 N–H and O–H groups in total. The minimum absolute atomic E-state index is 0.989. The van der Waals surface area contributed by atoms with E-state index in [1.807, 2.05) is 24.7 Å². The standard InChI is InChI=1S/C28H22N2P/c1-4-10-23(11-5-1)28-22-27(18-21-30-28)31(24-12-6-2-7-13-24,25-14-8-3-9-15-25)26-16-19-29-20-17-26/h1-22H/q+1. The maximum Gasteiger partial charge on any atom is 0.144 e. The van der Waals surface area contributed by atoms with Crippen LogP contribution in [0.1, 0.15) is 0 Å². The Morgan fingerprint density at radius 3 is 1.52 bits per heavy atom. The van der Waals surface area contributed by atoms with E-state index in [1.165, 1.54) is 21.2 Å². The smallest absolute Gasteiger partial charge is 0.144 e. The summed E-state index contributed by atoms with van der Waals surface area (Å²) < 4.78 is 0. The summed E-state index contributed by atoms with van der Waals surface area (Å²) in [6, 6.07) is 40.9. The van der Waals surface area contributed by atoms with E-state index in [-0.39, 0.29) is 0 Å². The molecule has 0 saturated heterocycles. The Morgan fingerprint density at radius 2 is 0.935 bits per heavy atom. The van der Waals surface area contributed by atoms with Gasteiger partial charge in [0.15, 0.2) is 0 Å². The summed E-state index contributed by atoms with van der Waals surface area (Å²) in [5.41, 5.74) is 2.11. The van der Waals surface area contributed by atoms with Crippen LogP contribution in [0.4, 0.5) is 0 Å². The zero-order valence-electron chi connectivity index (χ0n) is 17.0. The van der Waals surface area contributed by atoms with Crippen LogP contribution in [0, 0.1) is 0 Å². The molecular weight excluding hydrogens is 395 g/mol. The zero-order chi connectivity index (χ0) is 20.9. The first kappa shape index (κ1) is 19.4. The largest absolute Gasteiger partial charge is 0.264 e. The molecule has 2 aromatic heterocycles. The minimum Gasteiger partial charge on any atom is -0.264 e. The van der Waals surface area contributed by atoms with Crippen LogP contribution in [-0.2, 0) is 0 Å². The molecule has 148 valence electrons. The number of hydrogen-bond acceptors (Lipinski definition) is 2. The highest BCUT2D eigenvalue weighted by Gasteiger charge is 2.48. The minimum atomic E-state index is -2.13. The van der Waals surface area contributed by atoms with Gasteiger partial charge in [0.05, 0.1) is 5.69 Å². The van der Waals surface area contributed by atoms with Crippen LogP contribution in [0.2, 0.25) is 0 Å². The van der Waals surface area contributed by atoms with Gasteiger partial charge in [-0.3, -0.25) is 9.97 Å². The average molecular weight is 417 g/mol. The lowest BCUT2D eigenvalue weighted by atomic mass is 10.1. The van der Waals surface area contributed by atoms with Crippen LogP contribution in [0.15, 0.2) is 134 Å². The zero-order valence-corrected chi connectivity index (χ0v) is 17.9. The SMILES string of the molecule is c1ccc(-c2cc([P+](c3ccccc3)(c3ccccc3)c3ccncc3)ccn2)cc1. The second-order valence-electron chi connectivity index (χ2n) is 7.31. The van der Waals surface area contributed by atoms with Crippen LogP contribution < -0.4 is 21.2 Å². The van der Waals surface area contributed by atoms with E-state index in [4.69, 9.17) is 4.98 Å². The summed E-state index contributed by atoms with van der Waals surface area (Å²) in [6.07, 6.45) is 5.74. The van der Waals surface area contributed by atoms with Crippen LogP contribution in [0.3, 0.4) is 0 Å². The molecule has 0 saturated carbocycles. The Kier molecular flexibility index (Phi) is 5.39. The van der Waals surface area contributed by atoms with Gasteiger partial charge in [0.1, 0.15) is 28.5 Å². The molecule has 31 heavy (non-hydrogen) atoms. The van der Waals surface area contributed by atoms with E-state index in [0.717, 1.165) is 11.3 Å². The van der Waals surface area contributed by atoms with Crippen LogP contribution in [0.5, 0.6) is 0 Å². The Hall–Kier alpha value is -3.61. The first-order chi connectivity index (χ1) is 15.4. The van der Waals surface area contributed by atoms with Gasteiger partial charge >= 0.3 is 0 Å². The van der Waals surface area contributed by atoms with Gasteiger partial charge in [0.25, 0.3) is 0 Å². The van der Waals surface area contributed by atoms with Gasteiger partial charge in [-0.2, -0.15) is 0 Å². The normalized spacial score (nSPS) is 11.2. The molecule has 0 spiro atoms. The molecule has 3 aromatic carbocycles. The van der Waals surface area contributed by atoms with E-state index in [9.17, 15) is 0 Å². The number of aromatic nitrogens is 2. The summed E-state index contributed by atoms with van der Waals surface area (Å²) in [4.78, 5) is 9.02. The van der Waals surface area contributed by atoms with Crippen LogP contribution in [-0.4, -0.2) is 9.97 Å². The maximum absolute atomic E-state index is 4.71. The van der Waals surface area contributed by atoms with E-state index in [0.29, 0.717) is 0 Å². The average Bonchev–Trinajstić information content (AvgIpc) is 2.87. The Balaban J connectivity index is 1.85. The fourth-order valence-corrected chi connectivity index (χ4v) is 8.37. The Morgan fingerprint density at radius 1 is 0.452 bits per heavy atom. The molecule has 0 atom stereocenters. The summed E-state index contributed by atoms with van der Waals surface area (Å²) in [5.74, 6) is 0. The number of nitrogens with zero attached hydrogens (tertiary/aromatic N) is 2. The van der Waals surface area contributed by atoms with Crippen molar-refractivity contribution in [3.63, 3.8) is 0 Å². The maximum atomic E-state index is 4.71. The third-order valence-corrected chi connectivity index (χ3v) is 9.81. The molecule has 2 heterocycles. The summed E-state index contributed by atoms with van der Waals surface area (Å²) in [7, 11) is -2.13. The van der Waals surface area contributed by atoms with E-state index >= 15 is 0 Å². The number of benzene rings is 3. The fraction of sp³-hybridized carbons (Fsp3) is 0.